The SMILES string of the molecule is CCCCCCC(C)(C)C1CCCCC1. The molecule has 0 aromatic carbocycles. The van der Waals surface area contributed by atoms with Crippen molar-refractivity contribution in [3.63, 3.8) is 0 Å². The maximum Gasteiger partial charge on any atom is -0.0326 e. The van der Waals surface area contributed by atoms with Crippen LogP contribution < -0.4 is 0 Å². The second-order valence-corrected chi connectivity index (χ2v) is 6.13. The van der Waals surface area contributed by atoms with Gasteiger partial charge in [-0.2, -0.15) is 0 Å². The van der Waals surface area contributed by atoms with Crippen LogP contribution in [0.5, 0.6) is 0 Å². The lowest BCUT2D eigenvalue weighted by Crippen LogP contribution is -2.26. The zero-order valence-electron chi connectivity index (χ0n) is 11.1. The van der Waals surface area contributed by atoms with E-state index in [9.17, 15) is 0 Å². The zero-order valence-corrected chi connectivity index (χ0v) is 11.1. The maximum absolute atomic E-state index is 2.51. The van der Waals surface area contributed by atoms with E-state index in [0.717, 1.165) is 5.92 Å². The van der Waals surface area contributed by atoms with Gasteiger partial charge in [-0.1, -0.05) is 65.7 Å². The minimum atomic E-state index is 0.619. The van der Waals surface area contributed by atoms with E-state index in [2.05, 4.69) is 20.8 Å². The van der Waals surface area contributed by atoms with Crippen LogP contribution >= 0.6 is 0 Å². The first kappa shape index (κ1) is 13.1. The van der Waals surface area contributed by atoms with Gasteiger partial charge in [-0.05, 0) is 30.6 Å². The monoisotopic (exact) mass is 210 g/mol. The molecule has 0 atom stereocenters. The third-order valence-electron chi connectivity index (χ3n) is 4.39. The molecule has 1 aliphatic rings. The Hall–Kier alpha value is 0. The van der Waals surface area contributed by atoms with Crippen LogP contribution in [0.4, 0.5) is 0 Å². The number of rotatable bonds is 6. The highest BCUT2D eigenvalue weighted by Gasteiger charge is 2.29. The highest BCUT2D eigenvalue weighted by atomic mass is 14.3. The van der Waals surface area contributed by atoms with Gasteiger partial charge in [-0.15, -0.1) is 0 Å². The molecule has 0 aliphatic heterocycles. The molecule has 0 N–H and O–H groups in total. The van der Waals surface area contributed by atoms with Crippen molar-refractivity contribution in [1.29, 1.82) is 0 Å². The third kappa shape index (κ3) is 4.57. The summed E-state index contributed by atoms with van der Waals surface area (Å²) < 4.78 is 0. The first-order valence-electron chi connectivity index (χ1n) is 7.17. The molecule has 0 heterocycles. The van der Waals surface area contributed by atoms with Gasteiger partial charge in [0.05, 0.1) is 0 Å². The summed E-state index contributed by atoms with van der Waals surface area (Å²) in [6, 6.07) is 0. The van der Waals surface area contributed by atoms with Crippen LogP contribution in [0, 0.1) is 11.3 Å². The molecular weight excluding hydrogens is 180 g/mol. The number of unbranched alkanes of at least 4 members (excludes halogenated alkanes) is 3. The predicted octanol–water partition coefficient (Wildman–Crippen LogP) is 5.56. The van der Waals surface area contributed by atoms with Gasteiger partial charge in [-0.25, -0.2) is 0 Å². The Bertz CT molecular complexity index is 151. The van der Waals surface area contributed by atoms with Crippen LogP contribution in [-0.4, -0.2) is 0 Å². The smallest absolute Gasteiger partial charge is 0.0326 e. The quantitative estimate of drug-likeness (QED) is 0.503. The Kier molecular flexibility index (Phi) is 5.71. The lowest BCUT2D eigenvalue weighted by molar-refractivity contribution is 0.142. The van der Waals surface area contributed by atoms with Gasteiger partial charge in [0, 0.05) is 0 Å². The minimum absolute atomic E-state index is 0.619. The second kappa shape index (κ2) is 6.55. The number of hydrogen-bond donors (Lipinski definition) is 0. The van der Waals surface area contributed by atoms with Crippen LogP contribution in [0.25, 0.3) is 0 Å². The highest BCUT2D eigenvalue weighted by Crippen LogP contribution is 2.41. The standard InChI is InChI=1S/C15H30/c1-4-5-6-10-13-15(2,3)14-11-8-7-9-12-14/h14H,4-13H2,1-3H3. The largest absolute Gasteiger partial charge is 0.0654 e. The van der Waals surface area contributed by atoms with Crippen LogP contribution in [-0.2, 0) is 0 Å². The summed E-state index contributed by atoms with van der Waals surface area (Å²) in [7, 11) is 0. The van der Waals surface area contributed by atoms with Crippen molar-refractivity contribution in [2.24, 2.45) is 11.3 Å². The minimum Gasteiger partial charge on any atom is -0.0654 e. The average molecular weight is 210 g/mol. The lowest BCUT2D eigenvalue weighted by atomic mass is 9.69. The third-order valence-corrected chi connectivity index (χ3v) is 4.39. The lowest BCUT2D eigenvalue weighted by Gasteiger charge is -2.37. The fourth-order valence-electron chi connectivity index (χ4n) is 3.10. The van der Waals surface area contributed by atoms with E-state index >= 15 is 0 Å². The second-order valence-electron chi connectivity index (χ2n) is 6.13. The molecule has 0 heteroatoms. The molecule has 0 aromatic rings. The molecule has 0 nitrogen and oxygen atoms in total. The molecule has 1 saturated carbocycles. The van der Waals surface area contributed by atoms with Gasteiger partial charge < -0.3 is 0 Å². The molecule has 1 fully saturated rings. The predicted molar refractivity (Wildman–Crippen MR) is 69.1 cm³/mol. The van der Waals surface area contributed by atoms with Gasteiger partial charge in [0.15, 0.2) is 0 Å². The van der Waals surface area contributed by atoms with E-state index in [1.165, 1.54) is 64.2 Å². The van der Waals surface area contributed by atoms with Crippen molar-refractivity contribution in [3.05, 3.63) is 0 Å². The molecule has 1 aliphatic carbocycles. The molecule has 0 saturated heterocycles. The van der Waals surface area contributed by atoms with Gasteiger partial charge >= 0.3 is 0 Å². The Morgan fingerprint density at radius 2 is 1.60 bits per heavy atom. The fourth-order valence-corrected chi connectivity index (χ4v) is 3.10. The van der Waals surface area contributed by atoms with E-state index in [1.54, 1.807) is 0 Å². The van der Waals surface area contributed by atoms with Crippen molar-refractivity contribution in [2.75, 3.05) is 0 Å². The fraction of sp³-hybridized carbons (Fsp3) is 1.00. The van der Waals surface area contributed by atoms with E-state index in [-0.39, 0.29) is 0 Å². The molecule has 0 bridgehead atoms. The Morgan fingerprint density at radius 3 is 2.20 bits per heavy atom. The van der Waals surface area contributed by atoms with Gasteiger partial charge in [0.2, 0.25) is 0 Å². The van der Waals surface area contributed by atoms with E-state index < -0.39 is 0 Å². The van der Waals surface area contributed by atoms with Gasteiger partial charge in [-0.3, -0.25) is 0 Å². The molecule has 90 valence electrons. The van der Waals surface area contributed by atoms with E-state index in [0.29, 0.717) is 5.41 Å². The van der Waals surface area contributed by atoms with Crippen molar-refractivity contribution in [1.82, 2.24) is 0 Å². The molecule has 1 rings (SSSR count). The van der Waals surface area contributed by atoms with Crippen LogP contribution in [0.2, 0.25) is 0 Å². The topological polar surface area (TPSA) is 0 Å². The average Bonchev–Trinajstić information content (AvgIpc) is 2.26. The van der Waals surface area contributed by atoms with E-state index in [4.69, 9.17) is 0 Å². The summed E-state index contributed by atoms with van der Waals surface area (Å²) in [5.41, 5.74) is 0.619. The Labute approximate surface area is 96.8 Å². The van der Waals surface area contributed by atoms with E-state index in [1.807, 2.05) is 0 Å². The van der Waals surface area contributed by atoms with Gasteiger partial charge in [0.25, 0.3) is 0 Å². The van der Waals surface area contributed by atoms with Crippen LogP contribution in [0.15, 0.2) is 0 Å². The summed E-state index contributed by atoms with van der Waals surface area (Å²) in [4.78, 5) is 0. The maximum atomic E-state index is 2.51. The normalized spacial score (nSPS) is 19.4. The Balaban J connectivity index is 2.23. The molecule has 0 unspecified atom stereocenters. The van der Waals surface area contributed by atoms with Crippen molar-refractivity contribution in [2.45, 2.75) is 85.0 Å². The zero-order chi connectivity index (χ0) is 11.1. The van der Waals surface area contributed by atoms with Crippen molar-refractivity contribution >= 4 is 0 Å². The molecular formula is C15H30. The highest BCUT2D eigenvalue weighted by molar-refractivity contribution is 4.80. The molecule has 0 amide bonds. The first-order chi connectivity index (χ1) is 7.17. The molecule has 0 radical (unpaired) electrons. The molecule has 0 spiro atoms. The number of hydrogen-bond acceptors (Lipinski definition) is 0. The summed E-state index contributed by atoms with van der Waals surface area (Å²) in [5.74, 6) is 1.02. The van der Waals surface area contributed by atoms with Crippen molar-refractivity contribution < 1.29 is 0 Å². The molecule has 15 heavy (non-hydrogen) atoms. The first-order valence-corrected chi connectivity index (χ1v) is 7.17. The Morgan fingerprint density at radius 1 is 0.933 bits per heavy atom. The van der Waals surface area contributed by atoms with Crippen molar-refractivity contribution in [3.8, 4) is 0 Å². The summed E-state index contributed by atoms with van der Waals surface area (Å²) >= 11 is 0. The summed E-state index contributed by atoms with van der Waals surface area (Å²) in [6.07, 6.45) is 14.6. The van der Waals surface area contributed by atoms with Crippen LogP contribution in [0.1, 0.15) is 85.0 Å². The van der Waals surface area contributed by atoms with Gasteiger partial charge in [0.1, 0.15) is 0 Å². The summed E-state index contributed by atoms with van der Waals surface area (Å²) in [5, 5.41) is 0. The summed E-state index contributed by atoms with van der Waals surface area (Å²) in [6.45, 7) is 7.32. The van der Waals surface area contributed by atoms with Crippen LogP contribution in [0.3, 0.4) is 0 Å². The molecule has 0 aromatic heterocycles.